The first kappa shape index (κ1) is 44.6. The quantitative estimate of drug-likeness (QED) is 0.199. The van der Waals surface area contributed by atoms with Crippen molar-refractivity contribution in [2.75, 3.05) is 0 Å². The minimum atomic E-state index is -3.36. The van der Waals surface area contributed by atoms with Crippen LogP contribution in [0, 0.1) is 0 Å². The summed E-state index contributed by atoms with van der Waals surface area (Å²) in [6, 6.07) is 12.4. The molecular weight excluding hydrogens is 760 g/mol. The van der Waals surface area contributed by atoms with Crippen LogP contribution in [0.5, 0.6) is 0 Å². The minimum absolute atomic E-state index is 0.343. The molecule has 0 bridgehead atoms. The van der Waals surface area contributed by atoms with Gasteiger partial charge in [-0.2, -0.15) is 0 Å². The normalized spacial score (nSPS) is 15.8. The Morgan fingerprint density at radius 3 is 0.917 bits per heavy atom. The van der Waals surface area contributed by atoms with Gasteiger partial charge in [0.05, 0.1) is 0 Å². The van der Waals surface area contributed by atoms with Crippen LogP contribution >= 0.6 is 0 Å². The summed E-state index contributed by atoms with van der Waals surface area (Å²) in [4.78, 5) is 14.0. The molecule has 0 saturated heterocycles. The van der Waals surface area contributed by atoms with E-state index in [1.807, 2.05) is 0 Å². The Morgan fingerprint density at radius 1 is 0.438 bits per heavy atom. The van der Waals surface area contributed by atoms with Crippen LogP contribution in [0.4, 0.5) is 0 Å². The van der Waals surface area contributed by atoms with Crippen molar-refractivity contribution in [3.63, 3.8) is 0 Å². The van der Waals surface area contributed by atoms with E-state index in [1.165, 1.54) is 21.5 Å². The molecule has 48 heavy (non-hydrogen) atoms. The van der Waals surface area contributed by atoms with Crippen molar-refractivity contribution in [3.05, 3.63) is 58.1 Å². The molecule has 1 N–H and O–H groups in total. The van der Waals surface area contributed by atoms with Crippen LogP contribution in [-0.4, -0.2) is 75.5 Å². The van der Waals surface area contributed by atoms with Crippen molar-refractivity contribution < 1.29 is 4.80 Å². The zero-order valence-corrected chi connectivity index (χ0v) is 44.3. The predicted molar refractivity (Wildman–Crippen MR) is 242 cm³/mol. The third-order valence-electron chi connectivity index (χ3n) is 10.4. The summed E-state index contributed by atoms with van der Waals surface area (Å²) >= 11 is 3.76. The fourth-order valence-corrected chi connectivity index (χ4v) is 55.2. The van der Waals surface area contributed by atoms with Crippen LogP contribution < -0.4 is 10.4 Å². The summed E-state index contributed by atoms with van der Waals surface area (Å²) in [6.45, 7) is 53.1. The molecule has 2 aromatic rings. The van der Waals surface area contributed by atoms with Crippen molar-refractivity contribution in [3.8, 4) is 0 Å². The van der Waals surface area contributed by atoms with Crippen LogP contribution in [0.15, 0.2) is 30.3 Å². The van der Waals surface area contributed by atoms with Crippen molar-refractivity contribution in [1.29, 1.82) is 0 Å². The molecule has 0 spiro atoms. The van der Waals surface area contributed by atoms with E-state index in [1.54, 1.807) is 16.7 Å². The molecule has 0 heterocycles. The summed E-state index contributed by atoms with van der Waals surface area (Å²) in [5.74, 6) is 0.685. The van der Waals surface area contributed by atoms with E-state index in [0.29, 0.717) is 27.3 Å². The van der Waals surface area contributed by atoms with Crippen LogP contribution in [0.1, 0.15) is 82.8 Å². The van der Waals surface area contributed by atoms with Crippen molar-refractivity contribution in [1.82, 2.24) is 0 Å². The van der Waals surface area contributed by atoms with Crippen LogP contribution in [0.3, 0.4) is 0 Å². The topological polar surface area (TPSA) is 20.2 Å². The number of hydrogen-bond acceptors (Lipinski definition) is 1. The second-order valence-electron chi connectivity index (χ2n) is 22.3. The Labute approximate surface area is 314 Å². The Morgan fingerprint density at radius 2 is 0.688 bits per heavy atom. The standard InChI is InChI=1S/C39H77OSeSi7/c1-28(2)31-24-23-25-32(29(3)4)35(31)48(40,41)36-33(38(44(11,12)13)45(14,15)16)26-30(37(42(5,6)7)43(8,9)10)27-34(36)39(46(17,18)19)47(20,21)22/h23-29,37-40H,1-22H3. The molecular formula is C39H77OSeSi7. The summed E-state index contributed by atoms with van der Waals surface area (Å²) in [6.07, 6.45) is 0. The van der Waals surface area contributed by atoms with E-state index >= 15 is 0 Å². The van der Waals surface area contributed by atoms with Crippen LogP contribution in [0.25, 0.3) is 0 Å². The van der Waals surface area contributed by atoms with Gasteiger partial charge in [-0.15, -0.1) is 0 Å². The molecule has 273 valence electrons. The SMILES string of the molecule is CC(C)c1cccc(C(C)C)c1[Si](O)([Se])c1c(C([Si](C)(C)C)[Si](C)(C)C)cc(C([Si](C)(C)C)[Si](C)(C)C)cc1C([Si](C)(C)C)[Si](C)(C)C. The zero-order chi connectivity index (χ0) is 38.0. The fourth-order valence-electron chi connectivity index (χ4n) is 10.6. The van der Waals surface area contributed by atoms with Crippen molar-refractivity contribution in [2.45, 2.75) is 173 Å². The average Bonchev–Trinajstić information content (AvgIpc) is 2.77. The molecule has 0 amide bonds. The monoisotopic (exact) mass is 837 g/mol. The molecule has 1 radical (unpaired) electrons. The molecule has 0 fully saturated rings. The molecule has 2 aromatic carbocycles. The molecule has 1 unspecified atom stereocenters. The summed E-state index contributed by atoms with van der Waals surface area (Å²) < 4.78 is 0. The Bertz CT molecular complexity index is 1300. The van der Waals surface area contributed by atoms with Crippen molar-refractivity contribution >= 4 is 81.1 Å². The Kier molecular flexibility index (Phi) is 13.7. The van der Waals surface area contributed by atoms with Gasteiger partial charge in [0.1, 0.15) is 0 Å². The maximum atomic E-state index is 14.0. The summed E-state index contributed by atoms with van der Waals surface area (Å²) in [5.41, 5.74) is 7.46. The van der Waals surface area contributed by atoms with Crippen molar-refractivity contribution in [2.24, 2.45) is 0 Å². The first-order valence-electron chi connectivity index (χ1n) is 18.8. The van der Waals surface area contributed by atoms with E-state index in [4.69, 9.17) is 0 Å². The fraction of sp³-hybridized carbons (Fsp3) is 0.692. The van der Waals surface area contributed by atoms with Gasteiger partial charge in [-0.05, 0) is 0 Å². The third-order valence-corrected chi connectivity index (χ3v) is 43.4. The summed E-state index contributed by atoms with van der Waals surface area (Å²) in [7, 11) is -10.1. The zero-order valence-electron chi connectivity index (χ0n) is 35.6. The van der Waals surface area contributed by atoms with E-state index < -0.39 is 55.4 Å². The molecule has 0 saturated carbocycles. The molecule has 0 aromatic heterocycles. The molecule has 0 aliphatic carbocycles. The second kappa shape index (κ2) is 14.7. The van der Waals surface area contributed by atoms with Gasteiger partial charge >= 0.3 is 317 Å². The molecule has 9 heteroatoms. The first-order valence-corrected chi connectivity index (χ1v) is 44.7. The third kappa shape index (κ3) is 9.89. The van der Waals surface area contributed by atoms with E-state index in [0.717, 1.165) is 0 Å². The molecule has 2 rings (SSSR count). The van der Waals surface area contributed by atoms with Gasteiger partial charge in [0.2, 0.25) is 0 Å². The first-order chi connectivity index (χ1) is 21.1. The van der Waals surface area contributed by atoms with Gasteiger partial charge in [-0.25, -0.2) is 0 Å². The average molecular weight is 838 g/mol. The Balaban J connectivity index is 3.62. The van der Waals surface area contributed by atoms with E-state index in [-0.39, 0.29) is 0 Å². The van der Waals surface area contributed by atoms with Crippen LogP contribution in [0.2, 0.25) is 118 Å². The van der Waals surface area contributed by atoms with Gasteiger partial charge in [-0.1, -0.05) is 0 Å². The molecule has 1 nitrogen and oxygen atoms in total. The van der Waals surface area contributed by atoms with E-state index in [2.05, 4.69) is 191 Å². The maximum absolute atomic E-state index is 14.0. The van der Waals surface area contributed by atoms with Gasteiger partial charge in [-0.3, -0.25) is 0 Å². The van der Waals surface area contributed by atoms with E-state index in [9.17, 15) is 4.80 Å². The van der Waals surface area contributed by atoms with Gasteiger partial charge in [0, 0.05) is 0 Å². The van der Waals surface area contributed by atoms with Gasteiger partial charge in [0.15, 0.2) is 0 Å². The van der Waals surface area contributed by atoms with Gasteiger partial charge < -0.3 is 0 Å². The molecule has 1 atom stereocenters. The number of rotatable bonds is 13. The predicted octanol–water partition coefficient (Wildman–Crippen LogP) is 11.2. The molecule has 0 aliphatic heterocycles. The van der Waals surface area contributed by atoms with Crippen LogP contribution in [-0.2, 0) is 0 Å². The summed E-state index contributed by atoms with van der Waals surface area (Å²) in [5, 5.41) is 4.43. The number of hydrogen-bond donors (Lipinski definition) is 1. The second-order valence-corrected chi connectivity index (χ2v) is 61.9. The Hall–Kier alpha value is 0.438. The van der Waals surface area contributed by atoms with Gasteiger partial charge in [0.25, 0.3) is 0 Å². The number of benzene rings is 2. The molecule has 0 aliphatic rings.